The highest BCUT2D eigenvalue weighted by atomic mass is 35.5. The molecule has 0 amide bonds. The lowest BCUT2D eigenvalue weighted by Gasteiger charge is -2.12. The van der Waals surface area contributed by atoms with E-state index in [2.05, 4.69) is 0 Å². The maximum absolute atomic E-state index is 10.5. The molecule has 0 aliphatic heterocycles. The van der Waals surface area contributed by atoms with E-state index >= 15 is 0 Å². The van der Waals surface area contributed by atoms with Crippen molar-refractivity contribution in [3.05, 3.63) is 65.2 Å². The number of aliphatic carboxylic acids is 1. The molecule has 24 heavy (non-hydrogen) atoms. The van der Waals surface area contributed by atoms with Gasteiger partial charge in [0.15, 0.2) is 0 Å². The third kappa shape index (κ3) is 6.66. The fourth-order valence-electron chi connectivity index (χ4n) is 1.84. The van der Waals surface area contributed by atoms with Crippen LogP contribution in [-0.2, 0) is 4.79 Å². The first-order valence-electron chi connectivity index (χ1n) is 7.23. The topological polar surface area (TPSA) is 66.8 Å². The molecule has 2 N–H and O–H groups in total. The molecular formula is C18H17ClO4S. The van der Waals surface area contributed by atoms with E-state index in [1.165, 1.54) is 17.8 Å². The summed E-state index contributed by atoms with van der Waals surface area (Å²) >= 11 is 7.35. The minimum absolute atomic E-state index is 0.159. The summed E-state index contributed by atoms with van der Waals surface area (Å²) < 4.78 is 5.56. The van der Waals surface area contributed by atoms with Crippen LogP contribution < -0.4 is 4.74 Å². The average Bonchev–Trinajstić information content (AvgIpc) is 2.58. The van der Waals surface area contributed by atoms with Crippen molar-refractivity contribution in [1.29, 1.82) is 0 Å². The number of aliphatic hydroxyl groups excluding tert-OH is 1. The second-order valence-electron chi connectivity index (χ2n) is 4.97. The molecule has 0 aliphatic carbocycles. The number of aliphatic hydroxyl groups is 1. The van der Waals surface area contributed by atoms with Gasteiger partial charge in [0, 0.05) is 21.7 Å². The Kier molecular flexibility index (Phi) is 7.18. The average molecular weight is 365 g/mol. The number of carboxylic acids is 1. The number of thioether (sulfide) groups is 1. The van der Waals surface area contributed by atoms with E-state index in [0.717, 1.165) is 16.5 Å². The smallest absolute Gasteiger partial charge is 0.328 e. The van der Waals surface area contributed by atoms with Crippen LogP contribution in [0.1, 0.15) is 5.56 Å². The molecule has 0 spiro atoms. The first-order chi connectivity index (χ1) is 11.5. The number of carbonyl (C=O) groups is 1. The lowest BCUT2D eigenvalue weighted by Crippen LogP contribution is -2.20. The van der Waals surface area contributed by atoms with Crippen molar-refractivity contribution in [2.45, 2.75) is 11.0 Å². The van der Waals surface area contributed by atoms with Gasteiger partial charge in [0.1, 0.15) is 12.4 Å². The van der Waals surface area contributed by atoms with Crippen LogP contribution in [-0.4, -0.2) is 34.6 Å². The minimum atomic E-state index is -1.00. The fraction of sp³-hybridized carbons (Fsp3) is 0.167. The predicted molar refractivity (Wildman–Crippen MR) is 96.8 cm³/mol. The number of rotatable bonds is 8. The number of ether oxygens (including phenoxy) is 1. The third-order valence-electron chi connectivity index (χ3n) is 2.97. The zero-order chi connectivity index (χ0) is 17.4. The number of hydrogen-bond acceptors (Lipinski definition) is 4. The SMILES string of the molecule is O=C(O)C=Cc1cccc(OCC(O)CSc2ccc(Cl)cc2)c1. The van der Waals surface area contributed by atoms with Crippen molar-refractivity contribution in [2.24, 2.45) is 0 Å². The van der Waals surface area contributed by atoms with Crippen molar-refractivity contribution in [1.82, 2.24) is 0 Å². The van der Waals surface area contributed by atoms with Gasteiger partial charge in [0.05, 0.1) is 6.10 Å². The first kappa shape index (κ1) is 18.4. The first-order valence-corrected chi connectivity index (χ1v) is 8.59. The van der Waals surface area contributed by atoms with Gasteiger partial charge in [-0.25, -0.2) is 4.79 Å². The molecule has 2 rings (SSSR count). The molecular weight excluding hydrogens is 348 g/mol. The van der Waals surface area contributed by atoms with Crippen molar-refractivity contribution >= 4 is 35.4 Å². The predicted octanol–water partition coefficient (Wildman–Crippen LogP) is 3.97. The van der Waals surface area contributed by atoms with Gasteiger partial charge in [-0.3, -0.25) is 0 Å². The molecule has 1 unspecified atom stereocenters. The van der Waals surface area contributed by atoms with Crippen LogP contribution in [0.4, 0.5) is 0 Å². The molecule has 0 radical (unpaired) electrons. The summed E-state index contributed by atoms with van der Waals surface area (Å²) in [6.07, 6.45) is 1.93. The highest BCUT2D eigenvalue weighted by molar-refractivity contribution is 7.99. The minimum Gasteiger partial charge on any atom is -0.491 e. The standard InChI is InChI=1S/C18H17ClO4S/c19-14-5-7-17(8-6-14)24-12-15(20)11-23-16-3-1-2-13(10-16)4-9-18(21)22/h1-10,15,20H,11-12H2,(H,21,22). The van der Waals surface area contributed by atoms with E-state index < -0.39 is 12.1 Å². The number of hydrogen-bond donors (Lipinski definition) is 2. The monoisotopic (exact) mass is 364 g/mol. The Morgan fingerprint density at radius 3 is 2.71 bits per heavy atom. The molecule has 0 aromatic heterocycles. The van der Waals surface area contributed by atoms with Crippen molar-refractivity contribution in [3.63, 3.8) is 0 Å². The number of carboxylic acid groups (broad SMARTS) is 1. The summed E-state index contributed by atoms with van der Waals surface area (Å²) in [6.45, 7) is 0.159. The van der Waals surface area contributed by atoms with Gasteiger partial charge in [-0.05, 0) is 48.0 Å². The Labute approximate surface area is 149 Å². The second-order valence-corrected chi connectivity index (χ2v) is 6.50. The van der Waals surface area contributed by atoms with Crippen LogP contribution in [0.15, 0.2) is 59.5 Å². The summed E-state index contributed by atoms with van der Waals surface area (Å²) in [6, 6.07) is 14.4. The molecule has 2 aromatic rings. The van der Waals surface area contributed by atoms with E-state index in [-0.39, 0.29) is 6.61 Å². The van der Waals surface area contributed by atoms with Crippen LogP contribution in [0.5, 0.6) is 5.75 Å². The highest BCUT2D eigenvalue weighted by Gasteiger charge is 2.07. The van der Waals surface area contributed by atoms with Gasteiger partial charge < -0.3 is 14.9 Å². The quantitative estimate of drug-likeness (QED) is 0.548. The normalized spacial score (nSPS) is 12.2. The lowest BCUT2D eigenvalue weighted by molar-refractivity contribution is -0.131. The zero-order valence-electron chi connectivity index (χ0n) is 12.8. The maximum atomic E-state index is 10.5. The van der Waals surface area contributed by atoms with Gasteiger partial charge >= 0.3 is 5.97 Å². The molecule has 1 atom stereocenters. The molecule has 0 aliphatic rings. The largest absolute Gasteiger partial charge is 0.491 e. The lowest BCUT2D eigenvalue weighted by atomic mass is 10.2. The molecule has 0 saturated heterocycles. The van der Waals surface area contributed by atoms with Crippen molar-refractivity contribution in [3.8, 4) is 5.75 Å². The summed E-state index contributed by atoms with van der Waals surface area (Å²) in [5.41, 5.74) is 0.722. The Morgan fingerprint density at radius 1 is 1.25 bits per heavy atom. The highest BCUT2D eigenvalue weighted by Crippen LogP contribution is 2.21. The second kappa shape index (κ2) is 9.37. The molecule has 126 valence electrons. The summed E-state index contributed by atoms with van der Waals surface area (Å²) in [5, 5.41) is 19.3. The fourth-order valence-corrected chi connectivity index (χ4v) is 2.77. The molecule has 0 heterocycles. The van der Waals surface area contributed by atoms with Gasteiger partial charge in [-0.1, -0.05) is 23.7 Å². The van der Waals surface area contributed by atoms with E-state index in [9.17, 15) is 9.90 Å². The Morgan fingerprint density at radius 2 is 2.00 bits per heavy atom. The van der Waals surface area contributed by atoms with Crippen molar-refractivity contribution in [2.75, 3.05) is 12.4 Å². The van der Waals surface area contributed by atoms with Crippen LogP contribution in [0.25, 0.3) is 6.08 Å². The summed E-state index contributed by atoms with van der Waals surface area (Å²) in [5.74, 6) is 0.0781. The Bertz CT molecular complexity index is 700. The van der Waals surface area contributed by atoms with Crippen LogP contribution in [0.2, 0.25) is 5.02 Å². The molecule has 6 heteroatoms. The van der Waals surface area contributed by atoms with E-state index in [4.69, 9.17) is 21.4 Å². The Hall–Kier alpha value is -1.95. The van der Waals surface area contributed by atoms with Crippen LogP contribution in [0, 0.1) is 0 Å². The molecule has 0 bridgehead atoms. The molecule has 0 saturated carbocycles. The third-order valence-corrected chi connectivity index (χ3v) is 4.38. The van der Waals surface area contributed by atoms with Gasteiger partial charge in [0.2, 0.25) is 0 Å². The van der Waals surface area contributed by atoms with Crippen molar-refractivity contribution < 1.29 is 19.7 Å². The summed E-state index contributed by atoms with van der Waals surface area (Å²) in [7, 11) is 0. The van der Waals surface area contributed by atoms with Gasteiger partial charge in [-0.15, -0.1) is 11.8 Å². The number of benzene rings is 2. The Balaban J connectivity index is 1.80. The van der Waals surface area contributed by atoms with E-state index in [0.29, 0.717) is 16.5 Å². The summed E-state index contributed by atoms with van der Waals surface area (Å²) in [4.78, 5) is 11.5. The van der Waals surface area contributed by atoms with Crippen LogP contribution >= 0.6 is 23.4 Å². The molecule has 4 nitrogen and oxygen atoms in total. The maximum Gasteiger partial charge on any atom is 0.328 e. The number of halogens is 1. The van der Waals surface area contributed by atoms with E-state index in [1.54, 1.807) is 24.3 Å². The zero-order valence-corrected chi connectivity index (χ0v) is 14.3. The molecule has 0 fully saturated rings. The van der Waals surface area contributed by atoms with Crippen LogP contribution in [0.3, 0.4) is 0 Å². The van der Waals surface area contributed by atoms with Gasteiger partial charge in [-0.2, -0.15) is 0 Å². The van der Waals surface area contributed by atoms with E-state index in [1.807, 2.05) is 24.3 Å². The van der Waals surface area contributed by atoms with Gasteiger partial charge in [0.25, 0.3) is 0 Å². The molecule has 2 aromatic carbocycles.